The third-order valence-corrected chi connectivity index (χ3v) is 4.27. The van der Waals surface area contributed by atoms with E-state index in [0.29, 0.717) is 18.0 Å². The number of carbonyl (C=O) groups is 1. The van der Waals surface area contributed by atoms with Crippen LogP contribution in [0.5, 0.6) is 0 Å². The topological polar surface area (TPSA) is 70.4 Å². The van der Waals surface area contributed by atoms with Gasteiger partial charge in [0.1, 0.15) is 5.52 Å². The number of piperazine rings is 1. The summed E-state index contributed by atoms with van der Waals surface area (Å²) >= 11 is 0. The Balaban J connectivity index is 1.48. The summed E-state index contributed by atoms with van der Waals surface area (Å²) < 4.78 is 5.80. The van der Waals surface area contributed by atoms with Crippen LogP contribution in [0.25, 0.3) is 22.6 Å². The van der Waals surface area contributed by atoms with Crippen molar-refractivity contribution in [1.82, 2.24) is 15.2 Å². The molecule has 1 aliphatic heterocycles. The summed E-state index contributed by atoms with van der Waals surface area (Å²) in [5, 5.41) is 6.23. The molecule has 0 radical (unpaired) electrons. The van der Waals surface area contributed by atoms with Gasteiger partial charge in [-0.25, -0.2) is 4.98 Å². The van der Waals surface area contributed by atoms with Crippen LogP contribution in [-0.2, 0) is 4.79 Å². The van der Waals surface area contributed by atoms with Crippen LogP contribution in [0.4, 0.5) is 5.69 Å². The van der Waals surface area contributed by atoms with Crippen molar-refractivity contribution in [1.29, 1.82) is 0 Å². The fraction of sp³-hybridized carbons (Fsp3) is 0.263. The maximum atomic E-state index is 12.2. The lowest BCUT2D eigenvalue weighted by molar-refractivity contribution is -0.117. The molecule has 1 amide bonds. The lowest BCUT2D eigenvalue weighted by Crippen LogP contribution is -2.46. The number of hydrogen-bond donors (Lipinski definition) is 2. The molecule has 1 aliphatic rings. The number of fused-ring (bicyclic) bond motifs is 1. The Morgan fingerprint density at radius 1 is 1.16 bits per heavy atom. The average molecular weight is 336 g/mol. The maximum absolute atomic E-state index is 12.2. The molecule has 1 aromatic heterocycles. The van der Waals surface area contributed by atoms with Gasteiger partial charge in [0.2, 0.25) is 11.8 Å². The van der Waals surface area contributed by atoms with Crippen LogP contribution in [0.15, 0.2) is 52.9 Å². The van der Waals surface area contributed by atoms with Crippen molar-refractivity contribution in [3.8, 4) is 11.5 Å². The molecule has 6 nitrogen and oxygen atoms in total. The molecule has 2 heterocycles. The van der Waals surface area contributed by atoms with Crippen LogP contribution in [-0.4, -0.2) is 48.5 Å². The Kier molecular flexibility index (Phi) is 4.45. The van der Waals surface area contributed by atoms with Crippen molar-refractivity contribution < 1.29 is 9.21 Å². The van der Waals surface area contributed by atoms with Crippen LogP contribution >= 0.6 is 0 Å². The molecule has 0 unspecified atom stereocenters. The SMILES string of the molecule is O=C(CN1CCNCC1)Nc1ccc2oc(-c3ccccc3)nc2c1. The summed E-state index contributed by atoms with van der Waals surface area (Å²) in [5.74, 6) is 0.577. The van der Waals surface area contributed by atoms with E-state index in [1.54, 1.807) is 0 Å². The van der Waals surface area contributed by atoms with Gasteiger partial charge in [0.15, 0.2) is 5.58 Å². The van der Waals surface area contributed by atoms with E-state index in [2.05, 4.69) is 20.5 Å². The second-order valence-electron chi connectivity index (χ2n) is 6.14. The number of aromatic nitrogens is 1. The van der Waals surface area contributed by atoms with E-state index in [0.717, 1.165) is 42.9 Å². The molecule has 0 spiro atoms. The van der Waals surface area contributed by atoms with Gasteiger partial charge in [-0.1, -0.05) is 18.2 Å². The first-order valence-electron chi connectivity index (χ1n) is 8.47. The first-order chi connectivity index (χ1) is 12.3. The highest BCUT2D eigenvalue weighted by atomic mass is 16.3. The monoisotopic (exact) mass is 336 g/mol. The molecule has 0 atom stereocenters. The molecule has 1 fully saturated rings. The molecule has 0 bridgehead atoms. The standard InChI is InChI=1S/C19H20N4O2/c24-18(13-23-10-8-20-9-11-23)21-15-6-7-17-16(12-15)22-19(25-17)14-4-2-1-3-5-14/h1-7,12,20H,8-11,13H2,(H,21,24). The van der Waals surface area contributed by atoms with Gasteiger partial charge in [0.25, 0.3) is 0 Å². The zero-order valence-electron chi connectivity index (χ0n) is 13.9. The lowest BCUT2D eigenvalue weighted by atomic mass is 10.2. The number of oxazole rings is 1. The first-order valence-corrected chi connectivity index (χ1v) is 8.47. The van der Waals surface area contributed by atoms with E-state index in [9.17, 15) is 4.79 Å². The molecule has 2 aromatic carbocycles. The molecule has 0 saturated carbocycles. The third-order valence-electron chi connectivity index (χ3n) is 4.27. The van der Waals surface area contributed by atoms with Crippen LogP contribution in [0.1, 0.15) is 0 Å². The van der Waals surface area contributed by atoms with E-state index >= 15 is 0 Å². The van der Waals surface area contributed by atoms with Gasteiger partial charge in [-0.05, 0) is 30.3 Å². The molecule has 128 valence electrons. The highest BCUT2D eigenvalue weighted by Gasteiger charge is 2.14. The quantitative estimate of drug-likeness (QED) is 0.765. The smallest absolute Gasteiger partial charge is 0.238 e. The number of hydrogen-bond acceptors (Lipinski definition) is 5. The Bertz CT molecular complexity index is 870. The zero-order chi connectivity index (χ0) is 17.1. The molecular weight excluding hydrogens is 316 g/mol. The molecule has 2 N–H and O–H groups in total. The minimum absolute atomic E-state index is 0.00646. The van der Waals surface area contributed by atoms with Gasteiger partial charge >= 0.3 is 0 Å². The van der Waals surface area contributed by atoms with Crippen molar-refractivity contribution in [2.24, 2.45) is 0 Å². The predicted molar refractivity (Wildman–Crippen MR) is 97.4 cm³/mol. The van der Waals surface area contributed by atoms with Crippen LogP contribution in [0.3, 0.4) is 0 Å². The van der Waals surface area contributed by atoms with Gasteiger partial charge in [0, 0.05) is 37.4 Å². The molecule has 4 rings (SSSR count). The van der Waals surface area contributed by atoms with Gasteiger partial charge in [-0.15, -0.1) is 0 Å². The molecule has 25 heavy (non-hydrogen) atoms. The minimum Gasteiger partial charge on any atom is -0.436 e. The third kappa shape index (κ3) is 3.70. The predicted octanol–water partition coefficient (Wildman–Crippen LogP) is 2.34. The normalized spacial score (nSPS) is 15.4. The van der Waals surface area contributed by atoms with Gasteiger partial charge in [-0.3, -0.25) is 9.69 Å². The number of anilines is 1. The fourth-order valence-electron chi connectivity index (χ4n) is 2.98. The van der Waals surface area contributed by atoms with Crippen LogP contribution in [0, 0.1) is 0 Å². The summed E-state index contributed by atoms with van der Waals surface area (Å²) in [5.41, 5.74) is 3.11. The first kappa shape index (κ1) is 15.8. The summed E-state index contributed by atoms with van der Waals surface area (Å²) in [6.07, 6.45) is 0. The van der Waals surface area contributed by atoms with E-state index in [1.807, 2.05) is 48.5 Å². The van der Waals surface area contributed by atoms with Crippen molar-refractivity contribution in [2.45, 2.75) is 0 Å². The van der Waals surface area contributed by atoms with Crippen LogP contribution < -0.4 is 10.6 Å². The number of rotatable bonds is 4. The summed E-state index contributed by atoms with van der Waals surface area (Å²) in [7, 11) is 0. The lowest BCUT2D eigenvalue weighted by Gasteiger charge is -2.26. The molecular formula is C19H20N4O2. The minimum atomic E-state index is -0.00646. The highest BCUT2D eigenvalue weighted by Crippen LogP contribution is 2.26. The molecule has 3 aromatic rings. The number of amides is 1. The van der Waals surface area contributed by atoms with Crippen molar-refractivity contribution in [3.05, 3.63) is 48.5 Å². The number of nitrogens with zero attached hydrogens (tertiary/aromatic N) is 2. The summed E-state index contributed by atoms with van der Waals surface area (Å²) in [6.45, 7) is 4.07. The second kappa shape index (κ2) is 7.04. The van der Waals surface area contributed by atoms with Crippen molar-refractivity contribution in [2.75, 3.05) is 38.0 Å². The van der Waals surface area contributed by atoms with Crippen molar-refractivity contribution >= 4 is 22.7 Å². The molecule has 6 heteroatoms. The zero-order valence-corrected chi connectivity index (χ0v) is 13.9. The number of nitrogens with one attached hydrogen (secondary N) is 2. The average Bonchev–Trinajstić information content (AvgIpc) is 3.06. The van der Waals surface area contributed by atoms with Gasteiger partial charge in [0.05, 0.1) is 6.54 Å². The largest absolute Gasteiger partial charge is 0.436 e. The summed E-state index contributed by atoms with van der Waals surface area (Å²) in [4.78, 5) is 18.9. The van der Waals surface area contributed by atoms with E-state index < -0.39 is 0 Å². The number of carbonyl (C=O) groups excluding carboxylic acids is 1. The van der Waals surface area contributed by atoms with Crippen LogP contribution in [0.2, 0.25) is 0 Å². The molecule has 0 aliphatic carbocycles. The Hall–Kier alpha value is -2.70. The van der Waals surface area contributed by atoms with E-state index in [-0.39, 0.29) is 5.91 Å². The van der Waals surface area contributed by atoms with Crippen molar-refractivity contribution in [3.63, 3.8) is 0 Å². The highest BCUT2D eigenvalue weighted by molar-refractivity contribution is 5.94. The van der Waals surface area contributed by atoms with E-state index in [4.69, 9.17) is 4.42 Å². The molecule has 1 saturated heterocycles. The Morgan fingerprint density at radius 3 is 2.76 bits per heavy atom. The van der Waals surface area contributed by atoms with Gasteiger partial charge in [-0.2, -0.15) is 0 Å². The fourth-order valence-corrected chi connectivity index (χ4v) is 2.98. The Morgan fingerprint density at radius 2 is 1.96 bits per heavy atom. The number of benzene rings is 2. The van der Waals surface area contributed by atoms with Gasteiger partial charge < -0.3 is 15.1 Å². The van der Waals surface area contributed by atoms with E-state index in [1.165, 1.54) is 0 Å². The maximum Gasteiger partial charge on any atom is 0.238 e. The summed E-state index contributed by atoms with van der Waals surface area (Å²) in [6, 6.07) is 15.3. The Labute approximate surface area is 145 Å². The second-order valence-corrected chi connectivity index (χ2v) is 6.14.